The zero-order valence-electron chi connectivity index (χ0n) is 43.0. The number of carbonyl (C=O) groups is 6. The molecule has 3 amide bonds. The number of hydrogen-bond donors (Lipinski definition) is 17. The molecule has 0 aromatic rings. The second-order valence-electron chi connectivity index (χ2n) is 18.8. The average molecular weight is 1150 g/mol. The Morgan fingerprint density at radius 1 is 0.354 bits per heavy atom. The summed E-state index contributed by atoms with van der Waals surface area (Å²) in [6.45, 7) is -4.35. The number of Topliss-reactive ketones (excluding diaryl/α,β-unsaturated/α-hetero) is 3. The van der Waals surface area contributed by atoms with Crippen molar-refractivity contribution in [1.29, 1.82) is 0 Å². The molecular weight excluding hydrogens is 1070 g/mol. The fourth-order valence-electron chi connectivity index (χ4n) is 8.18. The molecule has 33 nitrogen and oxygen atoms in total. The van der Waals surface area contributed by atoms with Gasteiger partial charge in [0.2, 0.25) is 17.7 Å². The van der Waals surface area contributed by atoms with Gasteiger partial charge in [-0.3, -0.25) is 28.8 Å². The summed E-state index contributed by atoms with van der Waals surface area (Å²) in [7, 11) is 0. The molecule has 4 fully saturated rings. The third-order valence-electron chi connectivity index (χ3n) is 12.9. The number of ether oxygens (including phenoxy) is 10. The summed E-state index contributed by atoms with van der Waals surface area (Å²) < 4.78 is 53.9. The van der Waals surface area contributed by atoms with E-state index in [0.29, 0.717) is 6.42 Å². The smallest absolute Gasteiger partial charge is 0.239 e. The number of nitrogens with one attached hydrogen (secondary N) is 3. The second kappa shape index (κ2) is 34.8. The first-order valence-corrected chi connectivity index (χ1v) is 25.6. The van der Waals surface area contributed by atoms with Crippen molar-refractivity contribution in [2.45, 2.75) is 174 Å². The Morgan fingerprint density at radius 3 is 1.27 bits per heavy atom. The summed E-state index contributed by atoms with van der Waals surface area (Å²) >= 11 is 0. The Kier molecular flexibility index (Phi) is 29.9. The zero-order valence-corrected chi connectivity index (χ0v) is 43.0. The number of carbonyl (C=O) groups excluding carboxylic acids is 6. The molecule has 0 aromatic carbocycles. The van der Waals surface area contributed by atoms with Gasteiger partial charge in [-0.15, -0.1) is 0 Å². The summed E-state index contributed by atoms with van der Waals surface area (Å²) in [5.74, 6) is -2.94. The molecule has 4 saturated heterocycles. The molecule has 4 rings (SSSR count). The Morgan fingerprint density at radius 2 is 0.759 bits per heavy atom. The number of amides is 3. The van der Waals surface area contributed by atoms with E-state index in [1.54, 1.807) is 0 Å². The molecule has 0 aliphatic carbocycles. The maximum absolute atomic E-state index is 12.3. The molecule has 4 heterocycles. The summed E-state index contributed by atoms with van der Waals surface area (Å²) in [5.41, 5.74) is 0. The Hall–Kier alpha value is -3.54. The minimum absolute atomic E-state index is 0.0176. The van der Waals surface area contributed by atoms with Crippen LogP contribution in [-0.4, -0.2) is 309 Å². The van der Waals surface area contributed by atoms with Crippen molar-refractivity contribution in [3.05, 3.63) is 0 Å². The van der Waals surface area contributed by atoms with Gasteiger partial charge in [-0.2, -0.15) is 0 Å². The van der Waals surface area contributed by atoms with E-state index in [2.05, 4.69) is 16.0 Å². The van der Waals surface area contributed by atoms with Crippen LogP contribution in [0.3, 0.4) is 0 Å². The Balaban J connectivity index is 0.951. The van der Waals surface area contributed by atoms with Crippen molar-refractivity contribution >= 4 is 35.1 Å². The van der Waals surface area contributed by atoms with Gasteiger partial charge in [0.05, 0.1) is 59.3 Å². The van der Waals surface area contributed by atoms with Crippen molar-refractivity contribution in [2.24, 2.45) is 0 Å². The molecule has 0 bridgehead atoms. The predicted octanol–water partition coefficient (Wildman–Crippen LogP) is -10.6. The highest BCUT2D eigenvalue weighted by molar-refractivity contribution is 5.89. The third kappa shape index (κ3) is 21.0. The van der Waals surface area contributed by atoms with Gasteiger partial charge < -0.3 is 135 Å². The van der Waals surface area contributed by atoms with Crippen LogP contribution in [0.5, 0.6) is 0 Å². The van der Waals surface area contributed by atoms with Crippen molar-refractivity contribution in [1.82, 2.24) is 16.0 Å². The molecular formula is C46H77N3O30. The fourth-order valence-corrected chi connectivity index (χ4v) is 8.18. The first-order chi connectivity index (χ1) is 37.6. The lowest BCUT2D eigenvalue weighted by molar-refractivity contribution is -0.359. The quantitative estimate of drug-likeness (QED) is 0.0207. The van der Waals surface area contributed by atoms with Crippen LogP contribution in [0.1, 0.15) is 51.4 Å². The lowest BCUT2D eigenvalue weighted by atomic mass is 9.97. The van der Waals surface area contributed by atoms with Crippen molar-refractivity contribution in [2.75, 3.05) is 79.3 Å². The standard InChI is InChI=1S/C46H77N3O30/c50-16-24-31(60)33(62)37(66)45(74-24)78-41-26(18-52)76-43(39(68)35(41)64)72-13-7-23(56)14-47-30(59)15-48-29(58)8-12-71-10-1-9-70-11-6-22(55)3-2-21(54)4-5-28(57)49-20-73-44-40(69)36(65)42(27(19-53)77-44)79-46-38(67)34(63)32(61)25(17-51)75-46/h24-27,31-46,50-53,60-69H,1-20H2,(H,47,59)(H,48,58)(H,49,57). The monoisotopic (exact) mass is 1150 g/mol. The van der Waals surface area contributed by atoms with Crippen LogP contribution >= 0.6 is 0 Å². The first-order valence-electron chi connectivity index (χ1n) is 25.6. The SMILES string of the molecule is O=C(CCOCCCOCCC(=O)NCC(=O)NCC(=O)CCOC1OC(CO)C(OC2OC(CO)C(O)C(O)C2O)C(O)C1O)CCC(=O)CCC(=O)NCOC1OC(CO)C(OC2OC(CO)C(O)C(O)C2O)C(O)C1O. The van der Waals surface area contributed by atoms with Gasteiger partial charge in [0.15, 0.2) is 30.9 Å². The van der Waals surface area contributed by atoms with Crippen LogP contribution in [-0.2, 0) is 76.1 Å². The zero-order chi connectivity index (χ0) is 58.3. The summed E-state index contributed by atoms with van der Waals surface area (Å²) in [6, 6.07) is 0. The van der Waals surface area contributed by atoms with Gasteiger partial charge in [-0.25, -0.2) is 0 Å². The maximum Gasteiger partial charge on any atom is 0.239 e. The molecule has 4 aliphatic rings. The molecule has 0 aromatic heterocycles. The molecule has 20 atom stereocenters. The number of ketones is 3. The molecule has 0 spiro atoms. The van der Waals surface area contributed by atoms with Crippen LogP contribution in [0.15, 0.2) is 0 Å². The summed E-state index contributed by atoms with van der Waals surface area (Å²) in [4.78, 5) is 73.6. The Labute approximate surface area is 451 Å². The minimum atomic E-state index is -1.84. The van der Waals surface area contributed by atoms with E-state index in [0.717, 1.165) is 0 Å². The lowest BCUT2D eigenvalue weighted by Crippen LogP contribution is -2.64. The van der Waals surface area contributed by atoms with E-state index < -0.39 is 193 Å². The number of hydrogen-bond acceptors (Lipinski definition) is 30. The molecule has 0 saturated carbocycles. The van der Waals surface area contributed by atoms with Gasteiger partial charge in [-0.05, 0) is 6.42 Å². The van der Waals surface area contributed by atoms with Gasteiger partial charge in [0.1, 0.15) is 116 Å². The van der Waals surface area contributed by atoms with Crippen LogP contribution in [0.2, 0.25) is 0 Å². The van der Waals surface area contributed by atoms with Crippen molar-refractivity contribution in [3.8, 4) is 0 Å². The van der Waals surface area contributed by atoms with Crippen LogP contribution in [0.4, 0.5) is 0 Å². The van der Waals surface area contributed by atoms with Gasteiger partial charge >= 0.3 is 0 Å². The van der Waals surface area contributed by atoms with Gasteiger partial charge in [0, 0.05) is 58.2 Å². The topological polar surface area (TPSA) is 514 Å². The number of rotatable bonds is 35. The van der Waals surface area contributed by atoms with Crippen LogP contribution in [0, 0.1) is 0 Å². The molecule has 20 unspecified atom stereocenters. The van der Waals surface area contributed by atoms with E-state index in [1.165, 1.54) is 0 Å². The van der Waals surface area contributed by atoms with Crippen LogP contribution < -0.4 is 16.0 Å². The van der Waals surface area contributed by atoms with Crippen molar-refractivity contribution in [3.63, 3.8) is 0 Å². The van der Waals surface area contributed by atoms with Gasteiger partial charge in [-0.1, -0.05) is 0 Å². The average Bonchev–Trinajstić information content (AvgIpc) is 3.43. The predicted molar refractivity (Wildman–Crippen MR) is 252 cm³/mol. The molecule has 4 aliphatic heterocycles. The van der Waals surface area contributed by atoms with Crippen molar-refractivity contribution < 1.29 is 148 Å². The highest BCUT2D eigenvalue weighted by Gasteiger charge is 2.52. The van der Waals surface area contributed by atoms with Crippen LogP contribution in [0.25, 0.3) is 0 Å². The molecule has 0 radical (unpaired) electrons. The molecule has 17 N–H and O–H groups in total. The minimum Gasteiger partial charge on any atom is -0.394 e. The van der Waals surface area contributed by atoms with E-state index in [4.69, 9.17) is 47.4 Å². The van der Waals surface area contributed by atoms with E-state index >= 15 is 0 Å². The molecule has 456 valence electrons. The first kappa shape index (κ1) is 68.0. The number of aliphatic hydroxyl groups excluding tert-OH is 14. The molecule has 33 heteroatoms. The normalized spacial score (nSPS) is 34.9. The molecule has 79 heavy (non-hydrogen) atoms. The highest BCUT2D eigenvalue weighted by atomic mass is 16.8. The summed E-state index contributed by atoms with van der Waals surface area (Å²) in [5, 5.41) is 149. The fraction of sp³-hybridized carbons (Fsp3) is 0.870. The second-order valence-corrected chi connectivity index (χ2v) is 18.8. The van der Waals surface area contributed by atoms with E-state index in [1.807, 2.05) is 0 Å². The summed E-state index contributed by atoms with van der Waals surface area (Å²) in [6.07, 6.45) is -33.6. The lowest BCUT2D eigenvalue weighted by Gasteiger charge is -2.45. The highest BCUT2D eigenvalue weighted by Crippen LogP contribution is 2.31. The number of aliphatic hydroxyl groups is 14. The largest absolute Gasteiger partial charge is 0.394 e. The van der Waals surface area contributed by atoms with E-state index in [-0.39, 0.29) is 89.5 Å². The Bertz CT molecular complexity index is 1740. The van der Waals surface area contributed by atoms with E-state index in [9.17, 15) is 100 Å². The third-order valence-corrected chi connectivity index (χ3v) is 12.9. The maximum atomic E-state index is 12.3. The van der Waals surface area contributed by atoms with Gasteiger partial charge in [0.25, 0.3) is 0 Å².